The summed E-state index contributed by atoms with van der Waals surface area (Å²) in [5.41, 5.74) is 2.78. The molecule has 1 aliphatic carbocycles. The summed E-state index contributed by atoms with van der Waals surface area (Å²) < 4.78 is 5.37. The second-order valence-corrected chi connectivity index (χ2v) is 6.07. The fourth-order valence-electron chi connectivity index (χ4n) is 3.31. The molecule has 1 aromatic heterocycles. The predicted octanol–water partition coefficient (Wildman–Crippen LogP) is 2.23. The Kier molecular flexibility index (Phi) is 3.79. The summed E-state index contributed by atoms with van der Waals surface area (Å²) in [5, 5.41) is 0. The lowest BCUT2D eigenvalue weighted by molar-refractivity contribution is 0.0962. The van der Waals surface area contributed by atoms with Crippen molar-refractivity contribution in [2.45, 2.75) is 18.8 Å². The molecule has 1 aromatic carbocycles. The molecule has 0 unspecified atom stereocenters. The van der Waals surface area contributed by atoms with Gasteiger partial charge in [0.1, 0.15) is 0 Å². The number of benzene rings is 1. The zero-order valence-electron chi connectivity index (χ0n) is 12.9. The number of fused-ring (bicyclic) bond motifs is 1. The first-order chi connectivity index (χ1) is 11.3. The standard InChI is InChI=1S/C18H19N3O2/c22-17-11-14(13-4-2-1-3-5-13)10-16-15(17)12-19-18(20-16)21-6-8-23-9-7-21/h1-5,12,14H,6-11H2/t14-/m1/s1. The molecule has 5 nitrogen and oxygen atoms in total. The molecule has 0 amide bonds. The van der Waals surface area contributed by atoms with Crippen molar-refractivity contribution in [3.05, 3.63) is 53.3 Å². The van der Waals surface area contributed by atoms with Gasteiger partial charge in [0.05, 0.1) is 24.5 Å². The Balaban J connectivity index is 1.63. The molecular weight excluding hydrogens is 290 g/mol. The second-order valence-electron chi connectivity index (χ2n) is 6.07. The van der Waals surface area contributed by atoms with E-state index in [1.807, 2.05) is 18.2 Å². The number of rotatable bonds is 2. The fourth-order valence-corrected chi connectivity index (χ4v) is 3.31. The molecule has 2 aromatic rings. The zero-order valence-corrected chi connectivity index (χ0v) is 12.9. The van der Waals surface area contributed by atoms with Gasteiger partial charge in [-0.25, -0.2) is 9.97 Å². The van der Waals surface area contributed by atoms with Gasteiger partial charge in [-0.3, -0.25) is 4.79 Å². The van der Waals surface area contributed by atoms with Gasteiger partial charge in [-0.15, -0.1) is 0 Å². The van der Waals surface area contributed by atoms with Crippen LogP contribution in [-0.4, -0.2) is 42.1 Å². The fraction of sp³-hybridized carbons (Fsp3) is 0.389. The number of aromatic nitrogens is 2. The highest BCUT2D eigenvalue weighted by Crippen LogP contribution is 2.32. The van der Waals surface area contributed by atoms with Crippen LogP contribution < -0.4 is 4.90 Å². The summed E-state index contributed by atoms with van der Waals surface area (Å²) >= 11 is 0. The van der Waals surface area contributed by atoms with Crippen LogP contribution in [0.5, 0.6) is 0 Å². The van der Waals surface area contributed by atoms with Gasteiger partial charge in [0.2, 0.25) is 5.95 Å². The monoisotopic (exact) mass is 309 g/mol. The quantitative estimate of drug-likeness (QED) is 0.851. The van der Waals surface area contributed by atoms with Crippen molar-refractivity contribution in [2.75, 3.05) is 31.2 Å². The highest BCUT2D eigenvalue weighted by Gasteiger charge is 2.28. The SMILES string of the molecule is O=C1C[C@H](c2ccccc2)Cc2nc(N3CCOCC3)ncc21. The molecule has 0 bridgehead atoms. The number of hydrogen-bond acceptors (Lipinski definition) is 5. The molecule has 1 saturated heterocycles. The van der Waals surface area contributed by atoms with Gasteiger partial charge < -0.3 is 9.64 Å². The molecule has 118 valence electrons. The van der Waals surface area contributed by atoms with E-state index in [-0.39, 0.29) is 11.7 Å². The van der Waals surface area contributed by atoms with Crippen LogP contribution in [0.3, 0.4) is 0 Å². The summed E-state index contributed by atoms with van der Waals surface area (Å²) in [7, 11) is 0. The topological polar surface area (TPSA) is 55.3 Å². The number of anilines is 1. The van der Waals surface area contributed by atoms with E-state index in [9.17, 15) is 4.79 Å². The van der Waals surface area contributed by atoms with E-state index in [1.54, 1.807) is 6.20 Å². The molecule has 23 heavy (non-hydrogen) atoms. The maximum atomic E-state index is 12.4. The molecule has 2 aliphatic rings. The smallest absolute Gasteiger partial charge is 0.225 e. The van der Waals surface area contributed by atoms with E-state index in [0.717, 1.165) is 25.2 Å². The minimum Gasteiger partial charge on any atom is -0.378 e. The Morgan fingerprint density at radius 1 is 1.09 bits per heavy atom. The van der Waals surface area contributed by atoms with E-state index in [1.165, 1.54) is 5.56 Å². The number of ketones is 1. The molecule has 0 radical (unpaired) electrons. The molecule has 1 atom stereocenters. The second kappa shape index (κ2) is 6.08. The van der Waals surface area contributed by atoms with E-state index in [4.69, 9.17) is 9.72 Å². The Labute approximate surface area is 135 Å². The average Bonchev–Trinajstić information content (AvgIpc) is 2.63. The lowest BCUT2D eigenvalue weighted by atomic mass is 9.82. The van der Waals surface area contributed by atoms with Gasteiger partial charge in [-0.05, 0) is 17.9 Å². The minimum absolute atomic E-state index is 0.147. The highest BCUT2D eigenvalue weighted by molar-refractivity contribution is 5.98. The first-order valence-corrected chi connectivity index (χ1v) is 8.08. The third-order valence-corrected chi connectivity index (χ3v) is 4.59. The number of hydrogen-bond donors (Lipinski definition) is 0. The van der Waals surface area contributed by atoms with Crippen molar-refractivity contribution in [1.82, 2.24) is 9.97 Å². The lowest BCUT2D eigenvalue weighted by Crippen LogP contribution is -2.37. The summed E-state index contributed by atoms with van der Waals surface area (Å²) in [6.07, 6.45) is 3.04. The van der Waals surface area contributed by atoms with Crippen molar-refractivity contribution in [1.29, 1.82) is 0 Å². The normalized spacial score (nSPS) is 21.1. The molecule has 0 N–H and O–H groups in total. The molecule has 5 heteroatoms. The number of ether oxygens (including phenoxy) is 1. The van der Waals surface area contributed by atoms with Gasteiger partial charge >= 0.3 is 0 Å². The summed E-state index contributed by atoms with van der Waals surface area (Å²) in [5.74, 6) is 1.07. The number of Topliss-reactive ketones (excluding diaryl/α,β-unsaturated/α-hetero) is 1. The van der Waals surface area contributed by atoms with Crippen molar-refractivity contribution >= 4 is 11.7 Å². The predicted molar refractivity (Wildman–Crippen MR) is 86.9 cm³/mol. The molecule has 0 saturated carbocycles. The van der Waals surface area contributed by atoms with Crippen LogP contribution >= 0.6 is 0 Å². The van der Waals surface area contributed by atoms with Gasteiger partial charge in [0.15, 0.2) is 5.78 Å². The Bertz CT molecular complexity index is 711. The zero-order chi connectivity index (χ0) is 15.6. The number of nitrogens with zero attached hydrogens (tertiary/aromatic N) is 3. The van der Waals surface area contributed by atoms with Crippen molar-refractivity contribution < 1.29 is 9.53 Å². The number of carbonyl (C=O) groups excluding carboxylic acids is 1. The van der Waals surface area contributed by atoms with Gasteiger partial charge in [0.25, 0.3) is 0 Å². The van der Waals surface area contributed by atoms with E-state index >= 15 is 0 Å². The molecule has 2 heterocycles. The van der Waals surface area contributed by atoms with Crippen LogP contribution in [0.4, 0.5) is 5.95 Å². The van der Waals surface area contributed by atoms with Gasteiger partial charge in [0, 0.05) is 25.7 Å². The van der Waals surface area contributed by atoms with Gasteiger partial charge in [-0.2, -0.15) is 0 Å². The highest BCUT2D eigenvalue weighted by atomic mass is 16.5. The molecule has 1 fully saturated rings. The van der Waals surface area contributed by atoms with E-state index < -0.39 is 0 Å². The Hall–Kier alpha value is -2.27. The average molecular weight is 309 g/mol. The lowest BCUT2D eigenvalue weighted by Gasteiger charge is -2.28. The number of morpholine rings is 1. The van der Waals surface area contributed by atoms with E-state index in [0.29, 0.717) is 31.1 Å². The van der Waals surface area contributed by atoms with Crippen LogP contribution in [0.2, 0.25) is 0 Å². The summed E-state index contributed by atoms with van der Waals surface area (Å²) in [4.78, 5) is 23.7. The van der Waals surface area contributed by atoms with E-state index in [2.05, 4.69) is 22.0 Å². The molecule has 0 spiro atoms. The summed E-state index contributed by atoms with van der Waals surface area (Å²) in [6, 6.07) is 10.2. The van der Waals surface area contributed by atoms with Gasteiger partial charge in [-0.1, -0.05) is 30.3 Å². The first kappa shape index (κ1) is 14.3. The van der Waals surface area contributed by atoms with Crippen LogP contribution in [0.15, 0.2) is 36.5 Å². The third kappa shape index (κ3) is 2.84. The van der Waals surface area contributed by atoms with Crippen LogP contribution in [0.1, 0.15) is 34.0 Å². The van der Waals surface area contributed by atoms with Crippen molar-refractivity contribution in [2.24, 2.45) is 0 Å². The van der Waals surface area contributed by atoms with Crippen molar-refractivity contribution in [3.63, 3.8) is 0 Å². The van der Waals surface area contributed by atoms with Crippen molar-refractivity contribution in [3.8, 4) is 0 Å². The maximum absolute atomic E-state index is 12.4. The molecule has 1 aliphatic heterocycles. The first-order valence-electron chi connectivity index (χ1n) is 8.08. The summed E-state index contributed by atoms with van der Waals surface area (Å²) in [6.45, 7) is 3.00. The molecule has 4 rings (SSSR count). The minimum atomic E-state index is 0.147. The largest absolute Gasteiger partial charge is 0.378 e. The van der Waals surface area contributed by atoms with Crippen LogP contribution in [0, 0.1) is 0 Å². The maximum Gasteiger partial charge on any atom is 0.225 e. The third-order valence-electron chi connectivity index (χ3n) is 4.59. The molecular formula is C18H19N3O2. The van der Waals surface area contributed by atoms with Crippen LogP contribution in [-0.2, 0) is 11.2 Å². The Morgan fingerprint density at radius 3 is 2.65 bits per heavy atom. The van der Waals surface area contributed by atoms with Crippen LogP contribution in [0.25, 0.3) is 0 Å². The number of carbonyl (C=O) groups is 1. The Morgan fingerprint density at radius 2 is 1.87 bits per heavy atom.